The van der Waals surface area contributed by atoms with Crippen molar-refractivity contribution in [2.75, 3.05) is 13.6 Å². The highest BCUT2D eigenvalue weighted by atomic mass is 19.4. The lowest BCUT2D eigenvalue weighted by atomic mass is 9.87. The quantitative estimate of drug-likeness (QED) is 0.315. The maximum atomic E-state index is 14.8. The first-order chi connectivity index (χ1) is 16.4. The van der Waals surface area contributed by atoms with Crippen molar-refractivity contribution in [1.82, 2.24) is 10.3 Å². The fourth-order valence-corrected chi connectivity index (χ4v) is 4.03. The second-order valence-electron chi connectivity index (χ2n) is 7.87. The molecule has 0 fully saturated rings. The Morgan fingerprint density at radius 1 is 1.23 bits per heavy atom. The van der Waals surface area contributed by atoms with Crippen LogP contribution in [0.15, 0.2) is 34.9 Å². The molecule has 0 aliphatic heterocycles. The van der Waals surface area contributed by atoms with E-state index >= 15 is 0 Å². The second kappa shape index (κ2) is 11.5. The van der Waals surface area contributed by atoms with Gasteiger partial charge >= 0.3 is 6.18 Å². The van der Waals surface area contributed by atoms with Crippen molar-refractivity contribution < 1.29 is 35.9 Å². The maximum absolute atomic E-state index is 14.8. The zero-order chi connectivity index (χ0) is 26.4. The Morgan fingerprint density at radius 3 is 2.46 bits per heavy atom. The van der Waals surface area contributed by atoms with E-state index in [1.807, 2.05) is 0 Å². The van der Waals surface area contributed by atoms with Crippen LogP contribution in [0.25, 0.3) is 11.0 Å². The van der Waals surface area contributed by atoms with Crippen LogP contribution in [0.5, 0.6) is 5.75 Å². The van der Waals surface area contributed by atoms with Gasteiger partial charge in [-0.15, -0.1) is 0 Å². The number of aryl methyl sites for hydroxylation is 2. The molecular formula is C24H28F5N3O3. The van der Waals surface area contributed by atoms with Gasteiger partial charge in [0.1, 0.15) is 23.7 Å². The van der Waals surface area contributed by atoms with E-state index in [-0.39, 0.29) is 30.8 Å². The van der Waals surface area contributed by atoms with Gasteiger partial charge in [0.15, 0.2) is 5.69 Å². The van der Waals surface area contributed by atoms with Gasteiger partial charge < -0.3 is 20.2 Å². The average molecular weight is 501 g/mol. The third-order valence-electron chi connectivity index (χ3n) is 5.41. The maximum Gasteiger partial charge on any atom is 0.433 e. The van der Waals surface area contributed by atoms with E-state index < -0.39 is 30.3 Å². The van der Waals surface area contributed by atoms with Crippen LogP contribution in [0.3, 0.4) is 0 Å². The Kier molecular flexibility index (Phi) is 9.19. The lowest BCUT2D eigenvalue weighted by molar-refractivity contribution is -0.142. The van der Waals surface area contributed by atoms with E-state index in [9.17, 15) is 22.0 Å². The molecule has 2 aromatic heterocycles. The summed E-state index contributed by atoms with van der Waals surface area (Å²) in [5.41, 5.74) is 4.51. The molecule has 35 heavy (non-hydrogen) atoms. The molecule has 6 nitrogen and oxygen atoms in total. The van der Waals surface area contributed by atoms with Gasteiger partial charge in [0.2, 0.25) is 6.41 Å². The van der Waals surface area contributed by atoms with E-state index in [1.165, 1.54) is 19.2 Å². The number of fused-ring (bicyclic) bond motifs is 1. The number of furan rings is 1. The van der Waals surface area contributed by atoms with Crippen molar-refractivity contribution in [3.8, 4) is 5.75 Å². The lowest BCUT2D eigenvalue weighted by Gasteiger charge is -2.26. The number of alkyl halides is 5. The summed E-state index contributed by atoms with van der Waals surface area (Å²) in [5.74, 6) is -3.47. The highest BCUT2D eigenvalue weighted by Gasteiger charge is 2.41. The largest absolute Gasteiger partial charge is 0.489 e. The van der Waals surface area contributed by atoms with Crippen LogP contribution >= 0.6 is 0 Å². The van der Waals surface area contributed by atoms with E-state index in [4.69, 9.17) is 13.9 Å². The molecule has 0 aliphatic carbocycles. The van der Waals surface area contributed by atoms with Crippen LogP contribution in [0.2, 0.25) is 0 Å². The third kappa shape index (κ3) is 6.47. The number of nitrogens with one attached hydrogen (secondary N) is 1. The number of amides is 1. The molecule has 3 rings (SSSR count). The number of hydrogen-bond donors (Lipinski definition) is 2. The van der Waals surface area contributed by atoms with Crippen molar-refractivity contribution in [3.63, 3.8) is 0 Å². The number of primary amides is 1. The van der Waals surface area contributed by atoms with Gasteiger partial charge in [-0.1, -0.05) is 13.0 Å². The zero-order valence-corrected chi connectivity index (χ0v) is 19.8. The van der Waals surface area contributed by atoms with Crippen molar-refractivity contribution in [3.05, 3.63) is 58.6 Å². The summed E-state index contributed by atoms with van der Waals surface area (Å²) in [6, 6.07) is 5.86. The molecule has 192 valence electrons. The molecule has 2 heterocycles. The fourth-order valence-electron chi connectivity index (χ4n) is 4.03. The average Bonchev–Trinajstić information content (AvgIpc) is 3.09. The van der Waals surface area contributed by atoms with Crippen LogP contribution in [0.4, 0.5) is 22.0 Å². The number of ether oxygens (including phenoxy) is 1. The van der Waals surface area contributed by atoms with Gasteiger partial charge in [0, 0.05) is 22.7 Å². The molecule has 11 heteroatoms. The van der Waals surface area contributed by atoms with Crippen molar-refractivity contribution >= 4 is 17.4 Å². The van der Waals surface area contributed by atoms with Gasteiger partial charge in [0.25, 0.3) is 5.92 Å². The van der Waals surface area contributed by atoms with E-state index in [0.29, 0.717) is 27.9 Å². The number of rotatable bonds is 8. The van der Waals surface area contributed by atoms with Crippen molar-refractivity contribution in [1.29, 1.82) is 0 Å². The summed E-state index contributed by atoms with van der Waals surface area (Å²) in [4.78, 5) is 12.0. The Bertz CT molecular complexity index is 1150. The summed E-state index contributed by atoms with van der Waals surface area (Å²) in [6.45, 7) is 4.19. The SMILES string of the molecule is CCC(c1c(C)oc2c(C)cc(OCc3cccnc3C(F)(F)F)cc12)C(F)(F)CNC.NC=O. The topological polar surface area (TPSA) is 90.4 Å². The number of aromatic nitrogens is 1. The van der Waals surface area contributed by atoms with E-state index in [2.05, 4.69) is 16.0 Å². The highest BCUT2D eigenvalue weighted by molar-refractivity contribution is 5.87. The number of carbonyl (C=O) groups excluding carboxylic acids is 1. The minimum atomic E-state index is -4.61. The predicted octanol–water partition coefficient (Wildman–Crippen LogP) is 5.49. The van der Waals surface area contributed by atoms with Gasteiger partial charge in [-0.25, -0.2) is 8.78 Å². The van der Waals surface area contributed by atoms with Crippen LogP contribution in [0, 0.1) is 13.8 Å². The summed E-state index contributed by atoms with van der Waals surface area (Å²) >= 11 is 0. The number of nitrogens with zero attached hydrogens (tertiary/aromatic N) is 1. The van der Waals surface area contributed by atoms with Crippen LogP contribution in [0.1, 0.15) is 47.4 Å². The Hall–Kier alpha value is -3.21. The number of halogens is 5. The number of benzene rings is 1. The molecule has 3 aromatic rings. The fraction of sp³-hybridized carbons (Fsp3) is 0.417. The first kappa shape index (κ1) is 28.0. The smallest absolute Gasteiger partial charge is 0.433 e. The minimum absolute atomic E-state index is 0.117. The first-order valence-electron chi connectivity index (χ1n) is 10.8. The lowest BCUT2D eigenvalue weighted by Crippen LogP contribution is -2.36. The third-order valence-corrected chi connectivity index (χ3v) is 5.41. The Balaban J connectivity index is 0.00000137. The summed E-state index contributed by atoms with van der Waals surface area (Å²) in [6.07, 6.45) is -3.11. The van der Waals surface area contributed by atoms with Crippen LogP contribution in [-0.4, -0.2) is 30.9 Å². The molecule has 0 radical (unpaired) electrons. The van der Waals surface area contributed by atoms with Crippen LogP contribution < -0.4 is 15.8 Å². The molecule has 0 bridgehead atoms. The van der Waals surface area contributed by atoms with Crippen molar-refractivity contribution in [2.24, 2.45) is 5.73 Å². The van der Waals surface area contributed by atoms with Gasteiger partial charge in [-0.3, -0.25) is 9.78 Å². The molecule has 0 spiro atoms. The standard InChI is InChI=1S/C23H25F5N2O2.CH3NO/c1-5-18(22(24,25)12-29-4)19-14(3)32-20-13(2)9-16(10-17(19)20)31-11-15-7-6-8-30-21(15)23(26,27)28;2-1-3/h6-10,18,29H,5,11-12H2,1-4H3;1H,(H2,2,3). The molecule has 1 atom stereocenters. The number of carbonyl (C=O) groups is 1. The molecule has 0 saturated carbocycles. The van der Waals surface area contributed by atoms with E-state index in [0.717, 1.165) is 6.20 Å². The Labute approximate surface area is 199 Å². The van der Waals surface area contributed by atoms with Crippen molar-refractivity contribution in [2.45, 2.75) is 51.8 Å². The molecule has 1 aromatic carbocycles. The van der Waals surface area contributed by atoms with Crippen LogP contribution in [-0.2, 0) is 17.6 Å². The molecule has 1 amide bonds. The molecule has 1 unspecified atom stereocenters. The first-order valence-corrected chi connectivity index (χ1v) is 10.8. The summed E-state index contributed by atoms with van der Waals surface area (Å²) < 4.78 is 80.7. The summed E-state index contributed by atoms with van der Waals surface area (Å²) in [5, 5.41) is 3.00. The minimum Gasteiger partial charge on any atom is -0.489 e. The molecule has 0 aliphatic rings. The number of hydrogen-bond acceptors (Lipinski definition) is 5. The normalized spacial score (nSPS) is 12.7. The molecular weight excluding hydrogens is 473 g/mol. The second-order valence-corrected chi connectivity index (χ2v) is 7.87. The predicted molar refractivity (Wildman–Crippen MR) is 121 cm³/mol. The highest BCUT2D eigenvalue weighted by Crippen LogP contribution is 2.44. The number of pyridine rings is 1. The zero-order valence-electron chi connectivity index (χ0n) is 19.8. The number of nitrogens with two attached hydrogens (primary N) is 1. The molecule has 0 saturated heterocycles. The van der Waals surface area contributed by atoms with E-state index in [1.54, 1.807) is 32.9 Å². The van der Waals surface area contributed by atoms with Gasteiger partial charge in [0.05, 0.1) is 12.5 Å². The Morgan fingerprint density at radius 2 is 1.89 bits per heavy atom. The van der Waals surface area contributed by atoms with Gasteiger partial charge in [-0.05, 0) is 51.1 Å². The van der Waals surface area contributed by atoms with Gasteiger partial charge in [-0.2, -0.15) is 13.2 Å². The summed E-state index contributed by atoms with van der Waals surface area (Å²) in [7, 11) is 1.46. The monoisotopic (exact) mass is 501 g/mol. The molecule has 3 N–H and O–H groups in total.